The van der Waals surface area contributed by atoms with E-state index < -0.39 is 12.8 Å². The van der Waals surface area contributed by atoms with Crippen LogP contribution >= 0.6 is 0 Å². The minimum absolute atomic E-state index is 0.0597. The Hall–Kier alpha value is -2.33. The second kappa shape index (κ2) is 10.1. The van der Waals surface area contributed by atoms with E-state index in [2.05, 4.69) is 15.0 Å². The van der Waals surface area contributed by atoms with Crippen LogP contribution in [0.4, 0.5) is 29.3 Å². The molecule has 3 rings (SSSR count). The van der Waals surface area contributed by atoms with Crippen LogP contribution in [0.1, 0.15) is 19.3 Å². The Morgan fingerprint density at radius 3 is 2.50 bits per heavy atom. The van der Waals surface area contributed by atoms with Gasteiger partial charge in [-0.3, -0.25) is 9.69 Å². The van der Waals surface area contributed by atoms with E-state index in [4.69, 9.17) is 0 Å². The number of nitrogens with zero attached hydrogens (tertiary/aromatic N) is 3. The van der Waals surface area contributed by atoms with Crippen LogP contribution in [-0.4, -0.2) is 80.4 Å². The lowest BCUT2D eigenvalue weighted by atomic mass is 10.2. The number of amides is 3. The molecule has 166 valence electrons. The van der Waals surface area contributed by atoms with E-state index in [1.54, 1.807) is 15.9 Å². The van der Waals surface area contributed by atoms with Gasteiger partial charge in [0.2, 0.25) is 5.91 Å². The quantitative estimate of drug-likeness (QED) is 0.679. The summed E-state index contributed by atoms with van der Waals surface area (Å²) in [4.78, 5) is 30.3. The highest BCUT2D eigenvalue weighted by Gasteiger charge is 2.28. The van der Waals surface area contributed by atoms with Gasteiger partial charge < -0.3 is 19.9 Å². The summed E-state index contributed by atoms with van der Waals surface area (Å²) in [6, 6.07) is 7.06. The molecule has 1 N–H and O–H groups in total. The maximum absolute atomic E-state index is 12.7. The van der Waals surface area contributed by atoms with Crippen LogP contribution in [0.5, 0.6) is 0 Å². The number of para-hydroxylation sites is 2. The molecule has 0 bridgehead atoms. The molecule has 1 aromatic rings. The highest BCUT2D eigenvalue weighted by Crippen LogP contribution is 2.29. The highest BCUT2D eigenvalue weighted by atomic mass is 19.4. The van der Waals surface area contributed by atoms with Crippen molar-refractivity contribution in [3.8, 4) is 0 Å². The van der Waals surface area contributed by atoms with Crippen molar-refractivity contribution in [2.45, 2.75) is 25.4 Å². The molecule has 7 nitrogen and oxygen atoms in total. The predicted octanol–water partition coefficient (Wildman–Crippen LogP) is 2.93. The number of rotatable bonds is 7. The van der Waals surface area contributed by atoms with Crippen molar-refractivity contribution in [3.63, 3.8) is 0 Å². The van der Waals surface area contributed by atoms with Crippen molar-refractivity contribution in [2.24, 2.45) is 0 Å². The maximum Gasteiger partial charge on any atom is 0.411 e. The number of hydrogen-bond acceptors (Lipinski definition) is 4. The summed E-state index contributed by atoms with van der Waals surface area (Å²) in [7, 11) is 0. The number of benzene rings is 1. The molecule has 10 heteroatoms. The molecule has 0 aromatic heterocycles. The summed E-state index contributed by atoms with van der Waals surface area (Å²) in [6.45, 7) is 2.49. The normalized spacial score (nSPS) is 18.2. The van der Waals surface area contributed by atoms with E-state index in [0.717, 1.165) is 6.42 Å². The average molecular weight is 428 g/mol. The van der Waals surface area contributed by atoms with E-state index in [1.807, 2.05) is 18.2 Å². The van der Waals surface area contributed by atoms with Crippen LogP contribution < -0.4 is 10.2 Å². The zero-order valence-electron chi connectivity index (χ0n) is 16.8. The van der Waals surface area contributed by atoms with Crippen molar-refractivity contribution in [3.05, 3.63) is 24.3 Å². The minimum atomic E-state index is -4.29. The Kier molecular flexibility index (Phi) is 7.54. The van der Waals surface area contributed by atoms with Gasteiger partial charge in [-0.05, 0) is 25.0 Å². The average Bonchev–Trinajstić information content (AvgIpc) is 3.13. The number of carbonyl (C=O) groups is 2. The summed E-state index contributed by atoms with van der Waals surface area (Å²) in [6.07, 6.45) is -2.45. The third kappa shape index (κ3) is 6.33. The lowest BCUT2D eigenvalue weighted by molar-refractivity contribution is -0.174. The Balaban J connectivity index is 1.42. The highest BCUT2D eigenvalue weighted by molar-refractivity contribution is 6.01. The second-order valence-corrected chi connectivity index (χ2v) is 7.45. The molecule has 0 atom stereocenters. The molecule has 0 saturated carbocycles. The fourth-order valence-corrected chi connectivity index (χ4v) is 3.66. The summed E-state index contributed by atoms with van der Waals surface area (Å²) in [5.74, 6) is 0.0597. The van der Waals surface area contributed by atoms with Gasteiger partial charge in [0.1, 0.15) is 6.61 Å². The monoisotopic (exact) mass is 428 g/mol. The second-order valence-electron chi connectivity index (χ2n) is 7.45. The first-order valence-electron chi connectivity index (χ1n) is 10.2. The maximum atomic E-state index is 12.7. The molecule has 1 aromatic carbocycles. The molecule has 2 saturated heterocycles. The van der Waals surface area contributed by atoms with Crippen LogP contribution in [0.25, 0.3) is 0 Å². The SMILES string of the molecule is O=C(Nc1ccccc1N1CCCC1=O)N1CCN(CCCOCC(F)(F)F)CC1. The fraction of sp³-hybridized carbons (Fsp3) is 0.600. The van der Waals surface area contributed by atoms with Gasteiger partial charge in [0.05, 0.1) is 11.4 Å². The van der Waals surface area contributed by atoms with Gasteiger partial charge in [-0.1, -0.05) is 12.1 Å². The Morgan fingerprint density at radius 1 is 1.10 bits per heavy atom. The van der Waals surface area contributed by atoms with Gasteiger partial charge in [-0.25, -0.2) is 4.79 Å². The molecule has 0 aliphatic carbocycles. The van der Waals surface area contributed by atoms with Crippen molar-refractivity contribution in [1.82, 2.24) is 9.80 Å². The van der Waals surface area contributed by atoms with Crippen LogP contribution in [0.15, 0.2) is 24.3 Å². The molecule has 2 heterocycles. The van der Waals surface area contributed by atoms with E-state index >= 15 is 0 Å². The van der Waals surface area contributed by atoms with Gasteiger partial charge in [0.25, 0.3) is 0 Å². The molecule has 3 amide bonds. The molecule has 2 aliphatic heterocycles. The number of halogens is 3. The van der Waals surface area contributed by atoms with Crippen molar-refractivity contribution in [1.29, 1.82) is 0 Å². The van der Waals surface area contributed by atoms with Crippen LogP contribution in [-0.2, 0) is 9.53 Å². The van der Waals surface area contributed by atoms with E-state index in [-0.39, 0.29) is 18.5 Å². The molecular weight excluding hydrogens is 401 g/mol. The van der Waals surface area contributed by atoms with Crippen molar-refractivity contribution in [2.75, 3.05) is 62.7 Å². The third-order valence-electron chi connectivity index (χ3n) is 5.20. The Bertz CT molecular complexity index is 736. The molecule has 0 radical (unpaired) electrons. The number of ether oxygens (including phenoxy) is 1. The third-order valence-corrected chi connectivity index (χ3v) is 5.20. The zero-order valence-corrected chi connectivity index (χ0v) is 16.8. The number of anilines is 2. The van der Waals surface area contributed by atoms with Gasteiger partial charge in [-0.2, -0.15) is 13.2 Å². The van der Waals surface area contributed by atoms with Gasteiger partial charge in [0, 0.05) is 52.3 Å². The van der Waals surface area contributed by atoms with Crippen molar-refractivity contribution >= 4 is 23.3 Å². The van der Waals surface area contributed by atoms with Crippen molar-refractivity contribution < 1.29 is 27.5 Å². The topological polar surface area (TPSA) is 65.1 Å². The zero-order chi connectivity index (χ0) is 21.6. The number of alkyl halides is 3. The minimum Gasteiger partial charge on any atom is -0.372 e. The van der Waals surface area contributed by atoms with E-state index in [0.29, 0.717) is 63.5 Å². The van der Waals surface area contributed by atoms with Crippen LogP contribution in [0, 0.1) is 0 Å². The summed E-state index contributed by atoms with van der Waals surface area (Å²) in [5.41, 5.74) is 1.33. The Morgan fingerprint density at radius 2 is 1.83 bits per heavy atom. The largest absolute Gasteiger partial charge is 0.411 e. The van der Waals surface area contributed by atoms with Gasteiger partial charge in [0.15, 0.2) is 0 Å². The summed E-state index contributed by atoms with van der Waals surface area (Å²) >= 11 is 0. The number of nitrogens with one attached hydrogen (secondary N) is 1. The first-order chi connectivity index (χ1) is 14.3. The molecule has 0 unspecified atom stereocenters. The summed E-state index contributed by atoms with van der Waals surface area (Å²) < 4.78 is 40.8. The summed E-state index contributed by atoms with van der Waals surface area (Å²) in [5, 5.41) is 2.91. The number of urea groups is 1. The molecule has 2 aliphatic rings. The standard InChI is InChI=1S/C20H27F3N4O3/c21-20(22,23)15-30-14-4-8-25-10-12-26(13-11-25)19(29)24-16-5-1-2-6-17(16)27-9-3-7-18(27)28/h1-2,5-6H,3-4,7-15H2,(H,24,29). The number of hydrogen-bond donors (Lipinski definition) is 1. The Labute approximate surface area is 173 Å². The molecular formula is C20H27F3N4O3. The predicted molar refractivity (Wildman–Crippen MR) is 107 cm³/mol. The van der Waals surface area contributed by atoms with E-state index in [1.165, 1.54) is 0 Å². The smallest absolute Gasteiger partial charge is 0.372 e. The van der Waals surface area contributed by atoms with Crippen LogP contribution in [0.2, 0.25) is 0 Å². The first kappa shape index (κ1) is 22.4. The lowest BCUT2D eigenvalue weighted by Gasteiger charge is -2.35. The lowest BCUT2D eigenvalue weighted by Crippen LogP contribution is -2.50. The molecule has 30 heavy (non-hydrogen) atoms. The molecule has 0 spiro atoms. The van der Waals surface area contributed by atoms with Gasteiger partial charge in [-0.15, -0.1) is 0 Å². The molecule has 2 fully saturated rings. The first-order valence-corrected chi connectivity index (χ1v) is 10.2. The van der Waals surface area contributed by atoms with Gasteiger partial charge >= 0.3 is 12.2 Å². The van der Waals surface area contributed by atoms with Crippen LogP contribution in [0.3, 0.4) is 0 Å². The number of piperazine rings is 1. The number of carbonyl (C=O) groups excluding carboxylic acids is 2. The fourth-order valence-electron chi connectivity index (χ4n) is 3.66. The van der Waals surface area contributed by atoms with E-state index in [9.17, 15) is 22.8 Å².